The molecule has 0 radical (unpaired) electrons. The summed E-state index contributed by atoms with van der Waals surface area (Å²) in [6.45, 7) is 11.0. The molecule has 0 N–H and O–H groups in total. The molecule has 1 aliphatic rings. The minimum Gasteiger partial charge on any atom is -0.302 e. The van der Waals surface area contributed by atoms with Crippen LogP contribution in [-0.4, -0.2) is 24.5 Å². The van der Waals surface area contributed by atoms with Gasteiger partial charge in [0.1, 0.15) is 0 Å². The highest BCUT2D eigenvalue weighted by Gasteiger charge is 2.28. The zero-order valence-corrected chi connectivity index (χ0v) is 13.6. The van der Waals surface area contributed by atoms with Crippen molar-refractivity contribution in [1.29, 1.82) is 0 Å². The van der Waals surface area contributed by atoms with Gasteiger partial charge in [0.05, 0.1) is 0 Å². The number of likely N-dealkylation sites (tertiary alicyclic amines) is 1. The van der Waals surface area contributed by atoms with Crippen molar-refractivity contribution in [2.45, 2.75) is 58.8 Å². The summed E-state index contributed by atoms with van der Waals surface area (Å²) in [4.78, 5) is 2.72. The number of piperidine rings is 1. The molecule has 0 saturated carbocycles. The Kier molecular flexibility index (Phi) is 5.65. The molecule has 2 atom stereocenters. The Balaban J connectivity index is 1.97. The van der Waals surface area contributed by atoms with Crippen LogP contribution in [0.5, 0.6) is 0 Å². The molecule has 0 aliphatic carbocycles. The molecule has 1 aromatic carbocycles. The van der Waals surface area contributed by atoms with Crippen LogP contribution in [0, 0.1) is 5.41 Å². The highest BCUT2D eigenvalue weighted by molar-refractivity contribution is 5.20. The molecule has 1 heteroatoms. The largest absolute Gasteiger partial charge is 0.302 e. The van der Waals surface area contributed by atoms with E-state index < -0.39 is 0 Å². The molecule has 0 amide bonds. The van der Waals surface area contributed by atoms with E-state index in [1.165, 1.54) is 57.3 Å². The van der Waals surface area contributed by atoms with E-state index in [1.807, 2.05) is 0 Å². The van der Waals surface area contributed by atoms with Crippen LogP contribution < -0.4 is 0 Å². The quantitative estimate of drug-likeness (QED) is 0.698. The van der Waals surface area contributed by atoms with Gasteiger partial charge >= 0.3 is 0 Å². The molecule has 0 bridgehead atoms. The lowest BCUT2D eigenvalue weighted by Crippen LogP contribution is -2.41. The van der Waals surface area contributed by atoms with Crippen LogP contribution in [0.4, 0.5) is 0 Å². The van der Waals surface area contributed by atoms with Crippen molar-refractivity contribution in [1.82, 2.24) is 4.90 Å². The van der Waals surface area contributed by atoms with Gasteiger partial charge in [0.25, 0.3) is 0 Å². The van der Waals surface area contributed by atoms with Crippen LogP contribution >= 0.6 is 0 Å². The first-order valence-electron chi connectivity index (χ1n) is 8.44. The molecule has 1 aromatic rings. The van der Waals surface area contributed by atoms with Gasteiger partial charge in [-0.2, -0.15) is 0 Å². The first-order valence-corrected chi connectivity index (χ1v) is 8.44. The standard InChI is InChI=1S/C19H31N/c1-4-13-19(3,5-2)16-20-14-9-12-18(15-20)17-10-7-6-8-11-17/h6-8,10-11,18H,4-5,9,12-16H2,1-3H3. The molecule has 2 unspecified atom stereocenters. The first kappa shape index (κ1) is 15.6. The zero-order chi connectivity index (χ0) is 14.4. The minimum absolute atomic E-state index is 0.507. The van der Waals surface area contributed by atoms with Gasteiger partial charge in [-0.3, -0.25) is 0 Å². The molecular weight excluding hydrogens is 242 g/mol. The number of rotatable bonds is 6. The van der Waals surface area contributed by atoms with Crippen molar-refractivity contribution in [2.24, 2.45) is 5.41 Å². The Bertz CT molecular complexity index is 386. The van der Waals surface area contributed by atoms with Crippen molar-refractivity contribution in [3.63, 3.8) is 0 Å². The normalized spacial score (nSPS) is 23.4. The van der Waals surface area contributed by atoms with Crippen LogP contribution in [0.3, 0.4) is 0 Å². The van der Waals surface area contributed by atoms with E-state index in [2.05, 4.69) is 56.0 Å². The molecule has 1 saturated heterocycles. The molecule has 112 valence electrons. The van der Waals surface area contributed by atoms with Gasteiger partial charge in [-0.15, -0.1) is 0 Å². The van der Waals surface area contributed by atoms with Crippen LogP contribution in [-0.2, 0) is 0 Å². The van der Waals surface area contributed by atoms with Gasteiger partial charge in [0.15, 0.2) is 0 Å². The van der Waals surface area contributed by atoms with Gasteiger partial charge in [-0.25, -0.2) is 0 Å². The van der Waals surface area contributed by atoms with E-state index >= 15 is 0 Å². The third kappa shape index (κ3) is 4.09. The average Bonchev–Trinajstić information content (AvgIpc) is 2.49. The summed E-state index contributed by atoms with van der Waals surface area (Å²) < 4.78 is 0. The van der Waals surface area contributed by atoms with E-state index in [0.29, 0.717) is 5.41 Å². The van der Waals surface area contributed by atoms with E-state index in [9.17, 15) is 0 Å². The molecule has 0 aromatic heterocycles. The van der Waals surface area contributed by atoms with Gasteiger partial charge < -0.3 is 4.90 Å². The highest BCUT2D eigenvalue weighted by atomic mass is 15.1. The third-order valence-electron chi connectivity index (χ3n) is 5.09. The Morgan fingerprint density at radius 1 is 1.20 bits per heavy atom. The fourth-order valence-corrected chi connectivity index (χ4v) is 3.71. The van der Waals surface area contributed by atoms with Crippen molar-refractivity contribution in [3.05, 3.63) is 35.9 Å². The lowest BCUT2D eigenvalue weighted by atomic mass is 9.81. The van der Waals surface area contributed by atoms with Gasteiger partial charge in [0, 0.05) is 13.1 Å². The molecule has 1 aliphatic heterocycles. The maximum Gasteiger partial charge on any atom is 0.00505 e. The lowest BCUT2D eigenvalue weighted by molar-refractivity contribution is 0.119. The molecule has 1 nitrogen and oxygen atoms in total. The first-order chi connectivity index (χ1) is 9.67. The predicted octanol–water partition coefficient (Wildman–Crippen LogP) is 5.08. The average molecular weight is 273 g/mol. The van der Waals surface area contributed by atoms with E-state index in [4.69, 9.17) is 0 Å². The highest BCUT2D eigenvalue weighted by Crippen LogP contribution is 2.32. The number of hydrogen-bond acceptors (Lipinski definition) is 1. The summed E-state index contributed by atoms with van der Waals surface area (Å²) in [7, 11) is 0. The van der Waals surface area contributed by atoms with Crippen molar-refractivity contribution < 1.29 is 0 Å². The zero-order valence-electron chi connectivity index (χ0n) is 13.6. The van der Waals surface area contributed by atoms with E-state index in [1.54, 1.807) is 0 Å². The second kappa shape index (κ2) is 7.26. The summed E-state index contributed by atoms with van der Waals surface area (Å²) >= 11 is 0. The maximum atomic E-state index is 2.72. The lowest BCUT2D eigenvalue weighted by Gasteiger charge is -2.39. The Labute approximate surface area is 125 Å². The fourth-order valence-electron chi connectivity index (χ4n) is 3.71. The molecular formula is C19H31N. The number of nitrogens with zero attached hydrogens (tertiary/aromatic N) is 1. The second-order valence-corrected chi connectivity index (χ2v) is 6.90. The Hall–Kier alpha value is -0.820. The summed E-state index contributed by atoms with van der Waals surface area (Å²) in [6.07, 6.45) is 6.67. The summed E-state index contributed by atoms with van der Waals surface area (Å²) in [5.41, 5.74) is 2.04. The monoisotopic (exact) mass is 273 g/mol. The van der Waals surface area contributed by atoms with Crippen LogP contribution in [0.25, 0.3) is 0 Å². The summed E-state index contributed by atoms with van der Waals surface area (Å²) in [5, 5.41) is 0. The smallest absolute Gasteiger partial charge is 0.00505 e. The maximum absolute atomic E-state index is 2.72. The minimum atomic E-state index is 0.507. The summed E-state index contributed by atoms with van der Waals surface area (Å²) in [5.74, 6) is 0.743. The van der Waals surface area contributed by atoms with Crippen LogP contribution in [0.2, 0.25) is 0 Å². The Morgan fingerprint density at radius 2 is 1.95 bits per heavy atom. The van der Waals surface area contributed by atoms with Crippen LogP contribution in [0.1, 0.15) is 64.4 Å². The fraction of sp³-hybridized carbons (Fsp3) is 0.684. The third-order valence-corrected chi connectivity index (χ3v) is 5.09. The molecule has 0 spiro atoms. The van der Waals surface area contributed by atoms with E-state index in [0.717, 1.165) is 5.92 Å². The SMILES string of the molecule is CCCC(C)(CC)CN1CCCC(c2ccccc2)C1. The predicted molar refractivity (Wildman–Crippen MR) is 88.2 cm³/mol. The topological polar surface area (TPSA) is 3.24 Å². The van der Waals surface area contributed by atoms with Gasteiger partial charge in [-0.05, 0) is 49.1 Å². The van der Waals surface area contributed by atoms with Crippen molar-refractivity contribution in [3.8, 4) is 0 Å². The molecule has 2 rings (SSSR count). The molecule has 1 fully saturated rings. The molecule has 20 heavy (non-hydrogen) atoms. The van der Waals surface area contributed by atoms with E-state index in [-0.39, 0.29) is 0 Å². The molecule has 1 heterocycles. The van der Waals surface area contributed by atoms with Crippen molar-refractivity contribution in [2.75, 3.05) is 19.6 Å². The Morgan fingerprint density at radius 3 is 2.60 bits per heavy atom. The van der Waals surface area contributed by atoms with Crippen molar-refractivity contribution >= 4 is 0 Å². The van der Waals surface area contributed by atoms with Crippen LogP contribution in [0.15, 0.2) is 30.3 Å². The second-order valence-electron chi connectivity index (χ2n) is 6.90. The van der Waals surface area contributed by atoms with Gasteiger partial charge in [-0.1, -0.05) is 57.5 Å². The van der Waals surface area contributed by atoms with Gasteiger partial charge in [0.2, 0.25) is 0 Å². The number of benzene rings is 1. The summed E-state index contributed by atoms with van der Waals surface area (Å²) in [6, 6.07) is 11.1. The number of hydrogen-bond donors (Lipinski definition) is 0.